The second-order valence-corrected chi connectivity index (χ2v) is 10.3. The number of thioether (sulfide) groups is 1. The van der Waals surface area contributed by atoms with Crippen molar-refractivity contribution in [2.24, 2.45) is 0 Å². The topological polar surface area (TPSA) is 66.5 Å². The lowest BCUT2D eigenvalue weighted by Crippen LogP contribution is -2.24. The predicted octanol–water partition coefficient (Wildman–Crippen LogP) is 3.98. The molecule has 1 unspecified atom stereocenters. The molecule has 1 amide bonds. The first kappa shape index (κ1) is 21.5. The van der Waals surface area contributed by atoms with Crippen LogP contribution in [0, 0.1) is 20.8 Å². The fourth-order valence-electron chi connectivity index (χ4n) is 2.77. The van der Waals surface area contributed by atoms with Gasteiger partial charge in [0.1, 0.15) is 0 Å². The highest BCUT2D eigenvalue weighted by atomic mass is 32.2. The molecular formula is C20H26N2O3S2. The van der Waals surface area contributed by atoms with Crippen molar-refractivity contribution < 1.29 is 13.2 Å². The highest BCUT2D eigenvalue weighted by Gasteiger charge is 2.20. The van der Waals surface area contributed by atoms with Gasteiger partial charge in [0.25, 0.3) is 0 Å². The fourth-order valence-corrected chi connectivity index (χ4v) is 4.73. The van der Waals surface area contributed by atoms with E-state index >= 15 is 0 Å². The average molecular weight is 407 g/mol. The summed E-state index contributed by atoms with van der Waals surface area (Å²) in [7, 11) is -0.587. The van der Waals surface area contributed by atoms with E-state index in [2.05, 4.69) is 24.4 Å². The van der Waals surface area contributed by atoms with Crippen LogP contribution in [0.15, 0.2) is 46.2 Å². The first-order chi connectivity index (χ1) is 12.5. The zero-order chi connectivity index (χ0) is 20.4. The molecule has 0 radical (unpaired) electrons. The van der Waals surface area contributed by atoms with Crippen molar-refractivity contribution in [3.8, 4) is 0 Å². The van der Waals surface area contributed by atoms with Crippen molar-refractivity contribution in [1.82, 2.24) is 4.31 Å². The minimum absolute atomic E-state index is 0.149. The summed E-state index contributed by atoms with van der Waals surface area (Å²) < 4.78 is 25.7. The Hall–Kier alpha value is -1.83. The van der Waals surface area contributed by atoms with Crippen LogP contribution in [-0.2, 0) is 14.8 Å². The highest BCUT2D eigenvalue weighted by Crippen LogP contribution is 2.31. The molecule has 0 bridgehead atoms. The van der Waals surface area contributed by atoms with Gasteiger partial charge in [0.05, 0.1) is 10.1 Å². The van der Waals surface area contributed by atoms with Gasteiger partial charge in [0.2, 0.25) is 15.9 Å². The van der Waals surface area contributed by atoms with Gasteiger partial charge in [-0.25, -0.2) is 12.7 Å². The van der Waals surface area contributed by atoms with E-state index in [4.69, 9.17) is 0 Å². The van der Waals surface area contributed by atoms with Crippen molar-refractivity contribution >= 4 is 33.4 Å². The fraction of sp³-hybridized carbons (Fsp3) is 0.350. The molecule has 0 spiro atoms. The molecule has 1 atom stereocenters. The summed E-state index contributed by atoms with van der Waals surface area (Å²) in [6.45, 7) is 7.99. The van der Waals surface area contributed by atoms with Crippen LogP contribution in [0.4, 0.5) is 5.69 Å². The summed E-state index contributed by atoms with van der Waals surface area (Å²) in [6.07, 6.45) is 0. The lowest BCUT2D eigenvalue weighted by atomic mass is 10.1. The zero-order valence-electron chi connectivity index (χ0n) is 16.5. The Morgan fingerprint density at radius 1 is 1.07 bits per heavy atom. The van der Waals surface area contributed by atoms with Gasteiger partial charge in [0, 0.05) is 24.7 Å². The predicted molar refractivity (Wildman–Crippen MR) is 112 cm³/mol. The van der Waals surface area contributed by atoms with Gasteiger partial charge in [-0.2, -0.15) is 0 Å². The van der Waals surface area contributed by atoms with Gasteiger partial charge in [-0.15, -0.1) is 11.8 Å². The van der Waals surface area contributed by atoms with Crippen molar-refractivity contribution in [3.63, 3.8) is 0 Å². The third kappa shape index (κ3) is 5.12. The maximum absolute atomic E-state index is 12.6. The Morgan fingerprint density at radius 3 is 2.22 bits per heavy atom. The molecule has 1 N–H and O–H groups in total. The minimum Gasteiger partial charge on any atom is -0.325 e. The number of benzene rings is 2. The molecule has 0 heterocycles. The van der Waals surface area contributed by atoms with Gasteiger partial charge >= 0.3 is 0 Å². The maximum Gasteiger partial charge on any atom is 0.242 e. The van der Waals surface area contributed by atoms with Gasteiger partial charge < -0.3 is 5.32 Å². The number of hydrogen-bond donors (Lipinski definition) is 1. The lowest BCUT2D eigenvalue weighted by molar-refractivity contribution is -0.115. The molecule has 0 fully saturated rings. The van der Waals surface area contributed by atoms with Crippen molar-refractivity contribution in [2.75, 3.05) is 19.4 Å². The third-order valence-corrected chi connectivity index (χ3v) is 7.41. The molecule has 2 aromatic rings. The zero-order valence-corrected chi connectivity index (χ0v) is 18.2. The SMILES string of the molecule is Cc1cc(C)c(SC(C)C(=O)Nc2cccc(S(=O)(=O)N(C)C)c2)c(C)c1. The summed E-state index contributed by atoms with van der Waals surface area (Å²) in [5, 5.41) is 2.50. The second-order valence-electron chi connectivity index (χ2n) is 6.79. The van der Waals surface area contributed by atoms with Gasteiger partial charge in [-0.3, -0.25) is 4.79 Å². The number of rotatable bonds is 6. The molecule has 5 nitrogen and oxygen atoms in total. The van der Waals surface area contributed by atoms with Gasteiger partial charge in [-0.1, -0.05) is 23.8 Å². The second kappa shape index (κ2) is 8.46. The smallest absolute Gasteiger partial charge is 0.242 e. The molecule has 146 valence electrons. The van der Waals surface area contributed by atoms with Crippen molar-refractivity contribution in [3.05, 3.63) is 53.1 Å². The van der Waals surface area contributed by atoms with Crippen LogP contribution in [0.2, 0.25) is 0 Å². The molecule has 0 aliphatic carbocycles. The number of anilines is 1. The largest absolute Gasteiger partial charge is 0.325 e. The van der Waals surface area contributed by atoms with Crippen molar-refractivity contribution in [2.45, 2.75) is 42.7 Å². The number of sulfonamides is 1. The Labute approximate surface area is 166 Å². The van der Waals surface area contributed by atoms with E-state index in [1.54, 1.807) is 12.1 Å². The Morgan fingerprint density at radius 2 is 1.67 bits per heavy atom. The van der Waals surface area contributed by atoms with Crippen LogP contribution >= 0.6 is 11.8 Å². The molecule has 27 heavy (non-hydrogen) atoms. The standard InChI is InChI=1S/C20H26N2O3S2/c1-13-10-14(2)19(15(3)11-13)26-16(4)20(23)21-17-8-7-9-18(12-17)27(24,25)22(5)6/h7-12,16H,1-6H3,(H,21,23). The van der Waals surface area contributed by atoms with E-state index in [9.17, 15) is 13.2 Å². The maximum atomic E-state index is 12.6. The van der Waals surface area contributed by atoms with Gasteiger partial charge in [-0.05, 0) is 57.0 Å². The molecule has 0 saturated heterocycles. The molecule has 0 aromatic heterocycles. The van der Waals surface area contributed by atoms with Crippen LogP contribution in [-0.4, -0.2) is 38.0 Å². The van der Waals surface area contributed by atoms with E-state index in [1.165, 1.54) is 43.6 Å². The van der Waals surface area contributed by atoms with E-state index in [0.717, 1.165) is 20.3 Å². The molecule has 7 heteroatoms. The van der Waals surface area contributed by atoms with Crippen LogP contribution in [0.3, 0.4) is 0 Å². The quantitative estimate of drug-likeness (QED) is 0.737. The number of carbonyl (C=O) groups is 1. The number of amides is 1. The molecule has 0 aliphatic heterocycles. The lowest BCUT2D eigenvalue weighted by Gasteiger charge is -2.17. The van der Waals surface area contributed by atoms with Crippen molar-refractivity contribution in [1.29, 1.82) is 0 Å². The molecule has 2 rings (SSSR count). The van der Waals surface area contributed by atoms with E-state index < -0.39 is 10.0 Å². The molecule has 0 aliphatic rings. The summed E-state index contributed by atoms with van der Waals surface area (Å²) in [6, 6.07) is 10.5. The number of hydrogen-bond acceptors (Lipinski definition) is 4. The minimum atomic E-state index is -3.54. The van der Waals surface area contributed by atoms with E-state index in [0.29, 0.717) is 5.69 Å². The summed E-state index contributed by atoms with van der Waals surface area (Å²) in [4.78, 5) is 13.9. The van der Waals surface area contributed by atoms with Crippen LogP contribution in [0.5, 0.6) is 0 Å². The number of carbonyl (C=O) groups excluding carboxylic acids is 1. The number of nitrogens with zero attached hydrogens (tertiary/aromatic N) is 1. The molecular weight excluding hydrogens is 380 g/mol. The summed E-state index contributed by atoms with van der Waals surface area (Å²) >= 11 is 1.51. The first-order valence-corrected chi connectivity index (χ1v) is 10.9. The highest BCUT2D eigenvalue weighted by molar-refractivity contribution is 8.00. The Balaban J connectivity index is 2.16. The molecule has 2 aromatic carbocycles. The van der Waals surface area contributed by atoms with Gasteiger partial charge in [0.15, 0.2) is 0 Å². The van der Waals surface area contributed by atoms with Crippen LogP contribution in [0.25, 0.3) is 0 Å². The van der Waals surface area contributed by atoms with E-state index in [-0.39, 0.29) is 16.1 Å². The summed E-state index contributed by atoms with van der Waals surface area (Å²) in [5.74, 6) is -0.168. The number of aryl methyl sites for hydroxylation is 3. The molecule has 0 saturated carbocycles. The third-order valence-electron chi connectivity index (χ3n) is 4.15. The van der Waals surface area contributed by atoms with Crippen LogP contribution < -0.4 is 5.32 Å². The van der Waals surface area contributed by atoms with E-state index in [1.807, 2.05) is 20.8 Å². The Kier molecular flexibility index (Phi) is 6.72. The normalized spacial score (nSPS) is 12.9. The Bertz CT molecular complexity index is 930. The average Bonchev–Trinajstić information content (AvgIpc) is 2.57. The first-order valence-electron chi connectivity index (χ1n) is 8.60. The monoisotopic (exact) mass is 406 g/mol. The van der Waals surface area contributed by atoms with Crippen LogP contribution in [0.1, 0.15) is 23.6 Å². The number of nitrogens with one attached hydrogen (secondary N) is 1. The summed E-state index contributed by atoms with van der Waals surface area (Å²) in [5.41, 5.74) is 3.96.